The van der Waals surface area contributed by atoms with Gasteiger partial charge in [-0.05, 0) is 30.0 Å². The van der Waals surface area contributed by atoms with E-state index < -0.39 is 10.0 Å². The molecule has 0 saturated heterocycles. The van der Waals surface area contributed by atoms with Gasteiger partial charge in [-0.25, -0.2) is 0 Å². The van der Waals surface area contributed by atoms with Crippen LogP contribution in [0, 0.1) is 0 Å². The van der Waals surface area contributed by atoms with Gasteiger partial charge in [-0.2, -0.15) is 8.42 Å². The van der Waals surface area contributed by atoms with Gasteiger partial charge < -0.3 is 5.73 Å². The van der Waals surface area contributed by atoms with Gasteiger partial charge in [-0.15, -0.1) is 4.40 Å². The summed E-state index contributed by atoms with van der Waals surface area (Å²) >= 11 is 6.78. The second kappa shape index (κ2) is 6.09. The van der Waals surface area contributed by atoms with Crippen LogP contribution in [0.2, 0.25) is 5.02 Å². The van der Waals surface area contributed by atoms with Crippen LogP contribution in [0.25, 0.3) is 6.08 Å². The Balaban J connectivity index is 2.88. The minimum atomic E-state index is -3.67. The molecule has 0 aliphatic rings. The van der Waals surface area contributed by atoms with Crippen molar-refractivity contribution in [2.24, 2.45) is 10.1 Å². The van der Waals surface area contributed by atoms with Crippen LogP contribution in [0.5, 0.6) is 0 Å². The zero-order chi connectivity index (χ0) is 12.9. The number of benzene rings is 1. The molecule has 92 valence electrons. The van der Waals surface area contributed by atoms with Crippen LogP contribution in [0.1, 0.15) is 5.56 Å². The first kappa shape index (κ1) is 14.1. The minimum absolute atomic E-state index is 0.00533. The second-order valence-electron chi connectivity index (χ2n) is 3.00. The Morgan fingerprint density at radius 1 is 1.41 bits per heavy atom. The molecule has 0 aliphatic heterocycles. The summed E-state index contributed by atoms with van der Waals surface area (Å²) in [5, 5.41) is 1.60. The van der Waals surface area contributed by atoms with Crippen LogP contribution in [-0.4, -0.2) is 19.8 Å². The lowest BCUT2D eigenvalue weighted by Crippen LogP contribution is -2.08. The zero-order valence-corrected chi connectivity index (χ0v) is 11.4. The fourth-order valence-corrected chi connectivity index (χ4v) is 2.31. The number of halogens is 1. The molecule has 1 aromatic rings. The van der Waals surface area contributed by atoms with Crippen LogP contribution in [-0.2, 0) is 10.0 Å². The number of amidine groups is 1. The zero-order valence-electron chi connectivity index (χ0n) is 9.00. The molecule has 0 bridgehead atoms. The summed E-state index contributed by atoms with van der Waals surface area (Å²) in [6.45, 7) is 0. The normalized spacial score (nSPS) is 13.2. The maximum atomic E-state index is 11.4. The predicted molar refractivity (Wildman–Crippen MR) is 74.5 cm³/mol. The summed E-state index contributed by atoms with van der Waals surface area (Å²) in [6.07, 6.45) is 3.08. The summed E-state index contributed by atoms with van der Waals surface area (Å²) < 4.78 is 26.3. The van der Waals surface area contributed by atoms with E-state index in [1.807, 2.05) is 0 Å². The minimum Gasteiger partial charge on any atom is -0.378 e. The molecule has 0 atom stereocenters. The van der Waals surface area contributed by atoms with E-state index in [1.54, 1.807) is 30.5 Å². The van der Waals surface area contributed by atoms with E-state index in [0.29, 0.717) is 5.02 Å². The number of rotatable bonds is 3. The van der Waals surface area contributed by atoms with Gasteiger partial charge in [0.15, 0.2) is 5.17 Å². The molecule has 7 heteroatoms. The molecule has 0 aliphatic carbocycles. The Hall–Kier alpha value is -0.980. The van der Waals surface area contributed by atoms with Crippen LogP contribution >= 0.6 is 23.4 Å². The third-order valence-corrected chi connectivity index (χ3v) is 3.54. The molecule has 0 radical (unpaired) electrons. The molecule has 2 N–H and O–H groups in total. The van der Waals surface area contributed by atoms with Crippen molar-refractivity contribution in [3.05, 3.63) is 40.3 Å². The van der Waals surface area contributed by atoms with Gasteiger partial charge in [-0.1, -0.05) is 35.5 Å². The Morgan fingerprint density at radius 2 is 2.00 bits per heavy atom. The van der Waals surface area contributed by atoms with E-state index in [1.165, 1.54) is 6.08 Å². The largest absolute Gasteiger partial charge is 0.378 e. The first-order chi connectivity index (χ1) is 7.93. The van der Waals surface area contributed by atoms with E-state index in [0.717, 1.165) is 22.7 Å². The molecule has 17 heavy (non-hydrogen) atoms. The monoisotopic (exact) mass is 290 g/mol. The maximum Gasteiger partial charge on any atom is 0.277 e. The van der Waals surface area contributed by atoms with E-state index in [2.05, 4.69) is 4.40 Å². The standard InChI is InChI=1S/C10H11ClN2O2S2/c1-16-10(12)13-17(14,15)7-6-8-2-4-9(11)5-3-8/h2-7H,1H3,(H2,12,13)/b7-6+. The molecule has 0 fully saturated rings. The van der Waals surface area contributed by atoms with Crippen molar-refractivity contribution in [2.75, 3.05) is 6.26 Å². The molecule has 1 aromatic carbocycles. The van der Waals surface area contributed by atoms with Crippen molar-refractivity contribution in [1.29, 1.82) is 0 Å². The van der Waals surface area contributed by atoms with Gasteiger partial charge in [0, 0.05) is 5.02 Å². The topological polar surface area (TPSA) is 72.5 Å². The lowest BCUT2D eigenvalue weighted by molar-refractivity contribution is 0.606. The van der Waals surface area contributed by atoms with Crippen LogP contribution in [0.15, 0.2) is 34.1 Å². The highest BCUT2D eigenvalue weighted by atomic mass is 35.5. The summed E-state index contributed by atoms with van der Waals surface area (Å²) in [4.78, 5) is 0. The van der Waals surface area contributed by atoms with Crippen LogP contribution in [0.3, 0.4) is 0 Å². The summed E-state index contributed by atoms with van der Waals surface area (Å²) in [5.74, 6) is 0. The van der Waals surface area contributed by atoms with E-state index >= 15 is 0 Å². The lowest BCUT2D eigenvalue weighted by Gasteiger charge is -1.95. The first-order valence-corrected chi connectivity index (χ1v) is 7.61. The smallest absolute Gasteiger partial charge is 0.277 e. The highest BCUT2D eigenvalue weighted by molar-refractivity contribution is 8.13. The van der Waals surface area contributed by atoms with Crippen LogP contribution in [0.4, 0.5) is 0 Å². The molecule has 0 saturated carbocycles. The summed E-state index contributed by atoms with van der Waals surface area (Å²) in [6, 6.07) is 6.76. The quantitative estimate of drug-likeness (QED) is 0.685. The first-order valence-electron chi connectivity index (χ1n) is 4.51. The number of sulfonamides is 1. The Morgan fingerprint density at radius 3 is 2.53 bits per heavy atom. The Labute approximate surface area is 110 Å². The average Bonchev–Trinajstić information content (AvgIpc) is 2.28. The fourth-order valence-electron chi connectivity index (χ4n) is 0.932. The third-order valence-electron chi connectivity index (χ3n) is 1.73. The summed E-state index contributed by atoms with van der Waals surface area (Å²) in [7, 11) is -3.67. The van der Waals surface area contributed by atoms with E-state index in [9.17, 15) is 8.42 Å². The molecular formula is C10H11ClN2O2S2. The van der Waals surface area contributed by atoms with E-state index in [-0.39, 0.29) is 5.17 Å². The van der Waals surface area contributed by atoms with Crippen molar-refractivity contribution in [3.8, 4) is 0 Å². The van der Waals surface area contributed by atoms with Crippen molar-refractivity contribution >= 4 is 44.6 Å². The number of thioether (sulfide) groups is 1. The number of nitrogens with two attached hydrogens (primary N) is 1. The lowest BCUT2D eigenvalue weighted by atomic mass is 10.2. The SMILES string of the molecule is CSC(N)=NS(=O)(=O)/C=C/c1ccc(Cl)cc1. The van der Waals surface area contributed by atoms with Gasteiger partial charge in [0.05, 0.1) is 5.41 Å². The van der Waals surface area contributed by atoms with Gasteiger partial charge >= 0.3 is 0 Å². The summed E-state index contributed by atoms with van der Waals surface area (Å²) in [5.41, 5.74) is 6.05. The highest BCUT2D eigenvalue weighted by Gasteiger charge is 2.03. The molecule has 0 amide bonds. The Kier molecular flexibility index (Phi) is 5.04. The highest BCUT2D eigenvalue weighted by Crippen LogP contribution is 2.11. The second-order valence-corrected chi connectivity index (χ2v) is 5.75. The van der Waals surface area contributed by atoms with Gasteiger partial charge in [0.25, 0.3) is 10.0 Å². The maximum absolute atomic E-state index is 11.4. The molecule has 0 heterocycles. The van der Waals surface area contributed by atoms with Crippen molar-refractivity contribution < 1.29 is 8.42 Å². The van der Waals surface area contributed by atoms with Crippen molar-refractivity contribution in [3.63, 3.8) is 0 Å². The van der Waals surface area contributed by atoms with Crippen molar-refractivity contribution in [2.45, 2.75) is 0 Å². The third kappa shape index (κ3) is 5.25. The van der Waals surface area contributed by atoms with Gasteiger partial charge in [0.1, 0.15) is 0 Å². The van der Waals surface area contributed by atoms with Gasteiger partial charge in [-0.3, -0.25) is 0 Å². The molecule has 0 unspecified atom stereocenters. The average molecular weight is 291 g/mol. The molecule has 4 nitrogen and oxygen atoms in total. The Bertz CT molecular complexity index is 536. The molecule has 1 rings (SSSR count). The van der Waals surface area contributed by atoms with Crippen LogP contribution < -0.4 is 5.73 Å². The van der Waals surface area contributed by atoms with E-state index in [4.69, 9.17) is 17.3 Å². The van der Waals surface area contributed by atoms with Crippen molar-refractivity contribution in [1.82, 2.24) is 0 Å². The molecule has 0 spiro atoms. The van der Waals surface area contributed by atoms with Gasteiger partial charge in [0.2, 0.25) is 0 Å². The number of nitrogens with zero attached hydrogens (tertiary/aromatic N) is 1. The number of hydrogen-bond donors (Lipinski definition) is 1. The molecular weight excluding hydrogens is 280 g/mol. The number of hydrogen-bond acceptors (Lipinski definition) is 3. The predicted octanol–water partition coefficient (Wildman–Crippen LogP) is 2.32. The molecule has 0 aromatic heterocycles. The fraction of sp³-hybridized carbons (Fsp3) is 0.100.